The summed E-state index contributed by atoms with van der Waals surface area (Å²) in [5.74, 6) is 0. The number of nitrogens with two attached hydrogens (primary N) is 1. The number of hydrogen-bond donors (Lipinski definition) is 2. The molecule has 1 aliphatic heterocycles. The zero-order valence-corrected chi connectivity index (χ0v) is 13.5. The average Bonchev–Trinajstić information content (AvgIpc) is 3.04. The maximum absolute atomic E-state index is 12.2. The van der Waals surface area contributed by atoms with E-state index in [1.165, 1.54) is 24.2 Å². The first-order valence-electron chi connectivity index (χ1n) is 7.04. The molecule has 1 aromatic rings. The smallest absolute Gasteiger partial charge is 0.250 e. The fraction of sp³-hybridized carbons (Fsp3) is 0.692. The summed E-state index contributed by atoms with van der Waals surface area (Å²) in [5.41, 5.74) is 6.54. The number of aryl methyl sites for hydroxylation is 1. The summed E-state index contributed by atoms with van der Waals surface area (Å²) in [5, 5.41) is 0. The highest BCUT2D eigenvalue weighted by Crippen LogP contribution is 2.25. The van der Waals surface area contributed by atoms with Gasteiger partial charge in [0.1, 0.15) is 4.21 Å². The summed E-state index contributed by atoms with van der Waals surface area (Å²) in [7, 11) is -3.37. The van der Waals surface area contributed by atoms with Crippen LogP contribution in [0.25, 0.3) is 0 Å². The van der Waals surface area contributed by atoms with Gasteiger partial charge in [-0.2, -0.15) is 0 Å². The third-order valence-electron chi connectivity index (χ3n) is 3.59. The van der Waals surface area contributed by atoms with Crippen LogP contribution in [-0.4, -0.2) is 39.5 Å². The molecular weight excluding hydrogens is 294 g/mol. The average molecular weight is 317 g/mol. The van der Waals surface area contributed by atoms with Gasteiger partial charge in [-0.15, -0.1) is 11.3 Å². The molecule has 0 aromatic carbocycles. The maximum Gasteiger partial charge on any atom is 0.250 e. The van der Waals surface area contributed by atoms with Crippen LogP contribution in [0, 0.1) is 6.92 Å². The normalized spacial score (nSPS) is 16.9. The minimum atomic E-state index is -3.37. The quantitative estimate of drug-likeness (QED) is 0.743. The lowest BCUT2D eigenvalue weighted by molar-refractivity contribution is 0.334. The second-order valence-corrected chi connectivity index (χ2v) is 8.31. The Morgan fingerprint density at radius 2 is 2.10 bits per heavy atom. The van der Waals surface area contributed by atoms with Crippen LogP contribution in [0.2, 0.25) is 0 Å². The Labute approximate surface area is 125 Å². The van der Waals surface area contributed by atoms with Gasteiger partial charge in [-0.3, -0.25) is 0 Å². The first-order chi connectivity index (χ1) is 9.53. The summed E-state index contributed by atoms with van der Waals surface area (Å²) in [6.45, 7) is 6.05. The molecule has 0 aliphatic carbocycles. The number of thiophene rings is 1. The van der Waals surface area contributed by atoms with Gasteiger partial charge in [0.05, 0.1) is 0 Å². The first kappa shape index (κ1) is 15.9. The number of nitrogens with one attached hydrogen (secondary N) is 1. The second kappa shape index (κ2) is 7.00. The van der Waals surface area contributed by atoms with E-state index in [9.17, 15) is 8.42 Å². The molecule has 1 aromatic heterocycles. The summed E-state index contributed by atoms with van der Waals surface area (Å²) >= 11 is 1.26. The lowest BCUT2D eigenvalue weighted by Gasteiger charge is -2.14. The molecule has 3 N–H and O–H groups in total. The molecule has 1 aliphatic rings. The van der Waals surface area contributed by atoms with Crippen molar-refractivity contribution in [1.82, 2.24) is 9.62 Å². The Bertz CT molecular complexity index is 534. The summed E-state index contributed by atoms with van der Waals surface area (Å²) in [6, 6.07) is 1.70. The highest BCUT2D eigenvalue weighted by molar-refractivity contribution is 7.91. The predicted octanol–water partition coefficient (Wildman–Crippen LogP) is 1.28. The molecular formula is C13H23N3O2S2. The summed E-state index contributed by atoms with van der Waals surface area (Å²) in [6.07, 6.45) is 3.39. The van der Waals surface area contributed by atoms with E-state index in [1.54, 1.807) is 6.07 Å². The van der Waals surface area contributed by atoms with Gasteiger partial charge in [0, 0.05) is 18.0 Å². The van der Waals surface area contributed by atoms with E-state index >= 15 is 0 Å². The van der Waals surface area contributed by atoms with Gasteiger partial charge in [0.15, 0.2) is 0 Å². The van der Waals surface area contributed by atoms with Crippen molar-refractivity contribution in [2.45, 2.75) is 36.9 Å². The Morgan fingerprint density at radius 3 is 2.70 bits per heavy atom. The van der Waals surface area contributed by atoms with E-state index in [0.717, 1.165) is 36.5 Å². The zero-order valence-electron chi connectivity index (χ0n) is 11.9. The van der Waals surface area contributed by atoms with Crippen molar-refractivity contribution in [3.8, 4) is 0 Å². The van der Waals surface area contributed by atoms with Gasteiger partial charge in [0.25, 0.3) is 0 Å². The van der Waals surface area contributed by atoms with Crippen LogP contribution in [0.3, 0.4) is 0 Å². The maximum atomic E-state index is 12.2. The van der Waals surface area contributed by atoms with E-state index in [4.69, 9.17) is 5.73 Å². The molecule has 0 radical (unpaired) electrons. The van der Waals surface area contributed by atoms with E-state index in [-0.39, 0.29) is 0 Å². The van der Waals surface area contributed by atoms with Crippen molar-refractivity contribution in [3.63, 3.8) is 0 Å². The van der Waals surface area contributed by atoms with Crippen molar-refractivity contribution in [3.05, 3.63) is 16.5 Å². The van der Waals surface area contributed by atoms with Crippen LogP contribution < -0.4 is 10.5 Å². The van der Waals surface area contributed by atoms with Crippen molar-refractivity contribution in [2.75, 3.05) is 26.2 Å². The van der Waals surface area contributed by atoms with Gasteiger partial charge in [-0.05, 0) is 57.5 Å². The molecule has 0 saturated carbocycles. The highest BCUT2D eigenvalue weighted by Gasteiger charge is 2.18. The van der Waals surface area contributed by atoms with Crippen molar-refractivity contribution < 1.29 is 8.42 Å². The lowest BCUT2D eigenvalue weighted by Crippen LogP contribution is -2.28. The molecule has 2 rings (SSSR count). The predicted molar refractivity (Wildman–Crippen MR) is 82.4 cm³/mol. The van der Waals surface area contributed by atoms with Crippen LogP contribution in [-0.2, 0) is 16.6 Å². The van der Waals surface area contributed by atoms with E-state index < -0.39 is 10.0 Å². The minimum Gasteiger partial charge on any atom is -0.326 e. The fourth-order valence-electron chi connectivity index (χ4n) is 2.41. The van der Waals surface area contributed by atoms with Crippen LogP contribution in [0.15, 0.2) is 10.3 Å². The molecule has 0 amide bonds. The first-order valence-corrected chi connectivity index (χ1v) is 9.34. The molecule has 0 atom stereocenters. The third-order valence-corrected chi connectivity index (χ3v) is 6.78. The molecule has 1 fully saturated rings. The van der Waals surface area contributed by atoms with E-state index in [2.05, 4.69) is 9.62 Å². The molecule has 20 heavy (non-hydrogen) atoms. The van der Waals surface area contributed by atoms with Crippen LogP contribution in [0.4, 0.5) is 0 Å². The van der Waals surface area contributed by atoms with Gasteiger partial charge in [-0.1, -0.05) is 0 Å². The van der Waals surface area contributed by atoms with Crippen molar-refractivity contribution in [2.24, 2.45) is 5.73 Å². The van der Waals surface area contributed by atoms with Gasteiger partial charge >= 0.3 is 0 Å². The van der Waals surface area contributed by atoms with Crippen LogP contribution in [0.5, 0.6) is 0 Å². The lowest BCUT2D eigenvalue weighted by atomic mass is 10.3. The molecule has 2 heterocycles. The Morgan fingerprint density at radius 1 is 1.40 bits per heavy atom. The summed E-state index contributed by atoms with van der Waals surface area (Å²) in [4.78, 5) is 3.32. The number of sulfonamides is 1. The van der Waals surface area contributed by atoms with Gasteiger partial charge in [-0.25, -0.2) is 13.1 Å². The van der Waals surface area contributed by atoms with Crippen molar-refractivity contribution >= 4 is 21.4 Å². The standard InChI is InChI=1S/C13H23N3O2S2/c1-11-9-13(19-12(11)10-14)20(17,18)15-5-4-8-16-6-2-3-7-16/h9,15H,2-8,10,14H2,1H3. The fourth-order valence-corrected chi connectivity index (χ4v) is 5.00. The molecule has 7 heteroatoms. The number of hydrogen-bond acceptors (Lipinski definition) is 5. The highest BCUT2D eigenvalue weighted by atomic mass is 32.2. The monoisotopic (exact) mass is 317 g/mol. The van der Waals surface area contributed by atoms with Gasteiger partial charge in [0.2, 0.25) is 10.0 Å². The molecule has 0 unspecified atom stereocenters. The number of nitrogens with zero attached hydrogens (tertiary/aromatic N) is 1. The summed E-state index contributed by atoms with van der Waals surface area (Å²) < 4.78 is 27.4. The Balaban J connectivity index is 1.83. The van der Waals surface area contributed by atoms with E-state index in [0.29, 0.717) is 17.3 Å². The Kier molecular flexibility index (Phi) is 5.57. The minimum absolute atomic E-state index is 0.372. The SMILES string of the molecule is Cc1cc(S(=O)(=O)NCCCN2CCCC2)sc1CN. The van der Waals surface area contributed by atoms with Gasteiger partial charge < -0.3 is 10.6 Å². The molecule has 1 saturated heterocycles. The molecule has 5 nitrogen and oxygen atoms in total. The third kappa shape index (κ3) is 4.02. The van der Waals surface area contributed by atoms with E-state index in [1.807, 2.05) is 6.92 Å². The molecule has 114 valence electrons. The Hall–Kier alpha value is -0.470. The van der Waals surface area contributed by atoms with Crippen LogP contribution in [0.1, 0.15) is 29.7 Å². The van der Waals surface area contributed by atoms with Crippen LogP contribution >= 0.6 is 11.3 Å². The number of likely N-dealkylation sites (tertiary alicyclic amines) is 1. The van der Waals surface area contributed by atoms with Crippen molar-refractivity contribution in [1.29, 1.82) is 0 Å². The second-order valence-electron chi connectivity index (χ2n) is 5.18. The molecule has 0 spiro atoms. The number of rotatable bonds is 7. The zero-order chi connectivity index (χ0) is 14.6. The topological polar surface area (TPSA) is 75.4 Å². The molecule has 0 bridgehead atoms. The largest absolute Gasteiger partial charge is 0.326 e.